The van der Waals surface area contributed by atoms with Crippen LogP contribution in [0.25, 0.3) is 0 Å². The lowest BCUT2D eigenvalue weighted by atomic mass is 9.52. The van der Waals surface area contributed by atoms with Crippen molar-refractivity contribution in [1.29, 1.82) is 0 Å². The van der Waals surface area contributed by atoms with Gasteiger partial charge in [0.05, 0.1) is 6.61 Å². The predicted molar refractivity (Wildman–Crippen MR) is 68.6 cm³/mol. The highest BCUT2D eigenvalue weighted by atomic mass is 16.2. The summed E-state index contributed by atoms with van der Waals surface area (Å²) in [5, 5.41) is 9.07. The van der Waals surface area contributed by atoms with E-state index < -0.39 is 0 Å². The van der Waals surface area contributed by atoms with Gasteiger partial charge in [-0.1, -0.05) is 33.8 Å². The Hall–Kier alpha value is -0.630. The van der Waals surface area contributed by atoms with Gasteiger partial charge in [0.2, 0.25) is 0 Å². The molecule has 17 heavy (non-hydrogen) atoms. The van der Waals surface area contributed by atoms with Gasteiger partial charge in [-0.3, -0.25) is 4.79 Å². The molecule has 2 saturated carbocycles. The third-order valence-corrected chi connectivity index (χ3v) is 6.07. The first kappa shape index (κ1) is 12.8. The maximum Gasteiger partial charge on any atom is 0.159 e. The van der Waals surface area contributed by atoms with Gasteiger partial charge < -0.3 is 5.11 Å². The Labute approximate surface area is 104 Å². The highest BCUT2D eigenvalue weighted by molar-refractivity contribution is 5.97. The molecule has 2 nitrogen and oxygen atoms in total. The number of aliphatic hydroxyl groups is 1. The quantitative estimate of drug-likeness (QED) is 0.711. The fourth-order valence-electron chi connectivity index (χ4n) is 4.18. The molecular weight excluding hydrogens is 212 g/mol. The van der Waals surface area contributed by atoms with Crippen LogP contribution >= 0.6 is 0 Å². The Morgan fingerprint density at radius 3 is 2.59 bits per heavy atom. The van der Waals surface area contributed by atoms with Crippen molar-refractivity contribution in [2.24, 2.45) is 22.7 Å². The largest absolute Gasteiger partial charge is 0.392 e. The molecule has 2 rings (SSSR count). The summed E-state index contributed by atoms with van der Waals surface area (Å²) in [4.78, 5) is 12.3. The molecule has 0 aliphatic heterocycles. The second kappa shape index (κ2) is 3.94. The summed E-state index contributed by atoms with van der Waals surface area (Å²) in [5.74, 6) is 1.14. The molecule has 0 saturated heterocycles. The van der Waals surface area contributed by atoms with E-state index in [0.29, 0.717) is 12.3 Å². The van der Waals surface area contributed by atoms with Crippen LogP contribution in [0.1, 0.15) is 47.0 Å². The zero-order chi connectivity index (χ0) is 12.8. The first-order valence-electron chi connectivity index (χ1n) is 6.71. The van der Waals surface area contributed by atoms with Gasteiger partial charge in [-0.25, -0.2) is 0 Å². The van der Waals surface area contributed by atoms with Gasteiger partial charge in [0.25, 0.3) is 0 Å². The second-order valence-corrected chi connectivity index (χ2v) is 6.44. The zero-order valence-electron chi connectivity index (χ0n) is 11.4. The lowest BCUT2D eigenvalue weighted by molar-refractivity contribution is -0.126. The third kappa shape index (κ3) is 1.53. The van der Waals surface area contributed by atoms with E-state index in [1.165, 1.54) is 12.8 Å². The summed E-state index contributed by atoms with van der Waals surface area (Å²) in [6.45, 7) is 9.04. The number of ketones is 1. The van der Waals surface area contributed by atoms with Gasteiger partial charge in [-0.15, -0.1) is 0 Å². The molecule has 0 amide bonds. The van der Waals surface area contributed by atoms with Gasteiger partial charge in [0.1, 0.15) is 0 Å². The smallest absolute Gasteiger partial charge is 0.159 e. The summed E-state index contributed by atoms with van der Waals surface area (Å²) < 4.78 is 0. The summed E-state index contributed by atoms with van der Waals surface area (Å²) in [5.41, 5.74) is 1.21. The van der Waals surface area contributed by atoms with E-state index in [1.807, 2.05) is 0 Å². The molecule has 0 heterocycles. The van der Waals surface area contributed by atoms with Gasteiger partial charge in [0, 0.05) is 6.42 Å². The molecule has 0 aromatic carbocycles. The molecule has 2 aliphatic carbocycles. The Morgan fingerprint density at radius 1 is 1.35 bits per heavy atom. The molecule has 0 unspecified atom stereocenters. The minimum absolute atomic E-state index is 0.0201. The molecule has 0 aromatic heterocycles. The second-order valence-electron chi connectivity index (χ2n) is 6.44. The van der Waals surface area contributed by atoms with Crippen molar-refractivity contribution in [3.8, 4) is 0 Å². The van der Waals surface area contributed by atoms with Crippen LogP contribution in [0.5, 0.6) is 0 Å². The maximum absolute atomic E-state index is 12.3. The Kier molecular flexibility index (Phi) is 2.97. The van der Waals surface area contributed by atoms with Crippen LogP contribution in [-0.4, -0.2) is 17.5 Å². The molecule has 96 valence electrons. The Balaban J connectivity index is 2.45. The SMILES string of the molecule is C[C@@H]1CC[C@@]2(C)[C@H](C)/C(=C/CO)C(=O)C[C@@]12C. The third-order valence-electron chi connectivity index (χ3n) is 6.07. The van der Waals surface area contributed by atoms with E-state index in [0.717, 1.165) is 5.57 Å². The van der Waals surface area contributed by atoms with Gasteiger partial charge >= 0.3 is 0 Å². The summed E-state index contributed by atoms with van der Waals surface area (Å²) in [6.07, 6.45) is 4.79. The summed E-state index contributed by atoms with van der Waals surface area (Å²) >= 11 is 0. The monoisotopic (exact) mass is 236 g/mol. The molecular formula is C15H24O2. The van der Waals surface area contributed by atoms with Crippen molar-refractivity contribution in [3.05, 3.63) is 11.6 Å². The zero-order valence-corrected chi connectivity index (χ0v) is 11.4. The molecule has 0 bridgehead atoms. The van der Waals surface area contributed by atoms with E-state index in [9.17, 15) is 4.79 Å². The normalized spacial score (nSPS) is 48.5. The van der Waals surface area contributed by atoms with Gasteiger partial charge in [0.15, 0.2) is 5.78 Å². The lowest BCUT2D eigenvalue weighted by Crippen LogP contribution is -2.48. The predicted octanol–water partition coefficient (Wildman–Crippen LogP) is 2.96. The van der Waals surface area contributed by atoms with Crippen LogP contribution in [0.4, 0.5) is 0 Å². The van der Waals surface area contributed by atoms with Gasteiger partial charge in [-0.2, -0.15) is 0 Å². The minimum atomic E-state index is -0.0201. The molecule has 0 radical (unpaired) electrons. The first-order chi connectivity index (χ1) is 7.87. The molecule has 0 aromatic rings. The average Bonchev–Trinajstić information content (AvgIpc) is 2.50. The van der Waals surface area contributed by atoms with E-state index in [-0.39, 0.29) is 29.1 Å². The Morgan fingerprint density at radius 2 is 2.00 bits per heavy atom. The minimum Gasteiger partial charge on any atom is -0.392 e. The molecule has 2 fully saturated rings. The highest BCUT2D eigenvalue weighted by Gasteiger charge is 2.59. The van der Waals surface area contributed by atoms with Crippen molar-refractivity contribution < 1.29 is 9.90 Å². The van der Waals surface area contributed by atoms with Crippen LogP contribution in [0.15, 0.2) is 11.6 Å². The first-order valence-corrected chi connectivity index (χ1v) is 6.71. The lowest BCUT2D eigenvalue weighted by Gasteiger charge is -2.51. The molecule has 2 heteroatoms. The number of Topliss-reactive ketones (excluding diaryl/α,β-unsaturated/α-hetero) is 1. The number of aliphatic hydroxyl groups excluding tert-OH is 1. The van der Waals surface area contributed by atoms with Crippen molar-refractivity contribution in [3.63, 3.8) is 0 Å². The molecule has 1 N–H and O–H groups in total. The van der Waals surface area contributed by atoms with E-state index in [2.05, 4.69) is 27.7 Å². The fourth-order valence-corrected chi connectivity index (χ4v) is 4.18. The number of carbonyl (C=O) groups is 1. The standard InChI is InChI=1S/C15H24O2/c1-10-5-7-14(3)11(2)12(6-8-16)13(17)9-15(10,14)4/h6,10-11,16H,5,7-9H2,1-4H3/b12-6-/t10-,11-,14+,15+/m1/s1. The van der Waals surface area contributed by atoms with Crippen LogP contribution < -0.4 is 0 Å². The number of allylic oxidation sites excluding steroid dienone is 1. The van der Waals surface area contributed by atoms with E-state index in [1.54, 1.807) is 6.08 Å². The van der Waals surface area contributed by atoms with Crippen LogP contribution in [0.3, 0.4) is 0 Å². The topological polar surface area (TPSA) is 37.3 Å². The molecule has 0 spiro atoms. The van der Waals surface area contributed by atoms with E-state index in [4.69, 9.17) is 5.11 Å². The van der Waals surface area contributed by atoms with Crippen LogP contribution in [0, 0.1) is 22.7 Å². The van der Waals surface area contributed by atoms with Crippen molar-refractivity contribution in [1.82, 2.24) is 0 Å². The summed E-state index contributed by atoms with van der Waals surface area (Å²) in [6, 6.07) is 0. The average molecular weight is 236 g/mol. The number of hydrogen-bond donors (Lipinski definition) is 1. The van der Waals surface area contributed by atoms with Gasteiger partial charge in [-0.05, 0) is 41.1 Å². The van der Waals surface area contributed by atoms with Crippen molar-refractivity contribution >= 4 is 5.78 Å². The van der Waals surface area contributed by atoms with Crippen LogP contribution in [0.2, 0.25) is 0 Å². The van der Waals surface area contributed by atoms with Crippen molar-refractivity contribution in [2.45, 2.75) is 47.0 Å². The number of rotatable bonds is 1. The van der Waals surface area contributed by atoms with E-state index >= 15 is 0 Å². The van der Waals surface area contributed by atoms with Crippen molar-refractivity contribution in [2.75, 3.05) is 6.61 Å². The highest BCUT2D eigenvalue weighted by Crippen LogP contribution is 2.65. The number of hydrogen-bond acceptors (Lipinski definition) is 2. The number of fused-ring (bicyclic) bond motifs is 1. The van der Waals surface area contributed by atoms with Crippen LogP contribution in [-0.2, 0) is 4.79 Å². The fraction of sp³-hybridized carbons (Fsp3) is 0.800. The maximum atomic E-state index is 12.3. The Bertz CT molecular complexity index is 371. The molecule has 4 atom stereocenters. The molecule has 2 aliphatic rings. The number of carbonyl (C=O) groups excluding carboxylic acids is 1. The summed E-state index contributed by atoms with van der Waals surface area (Å²) in [7, 11) is 0.